The molecular weight excluding hydrogens is 231 g/mol. The quantitative estimate of drug-likeness (QED) is 0.885. The summed E-state index contributed by atoms with van der Waals surface area (Å²) in [6, 6.07) is 6.32. The van der Waals surface area contributed by atoms with Crippen LogP contribution in [0.3, 0.4) is 0 Å². The molecule has 2 rings (SSSR count). The van der Waals surface area contributed by atoms with Crippen LogP contribution in [0.4, 0.5) is 4.39 Å². The van der Waals surface area contributed by atoms with Gasteiger partial charge in [-0.15, -0.1) is 0 Å². The highest BCUT2D eigenvalue weighted by molar-refractivity contribution is 5.23. The van der Waals surface area contributed by atoms with Crippen molar-refractivity contribution in [1.29, 1.82) is 0 Å². The maximum Gasteiger partial charge on any atom is 0.126 e. The highest BCUT2D eigenvalue weighted by Gasteiger charge is 2.24. The first kappa shape index (κ1) is 13.3. The van der Waals surface area contributed by atoms with Gasteiger partial charge in [0.25, 0.3) is 0 Å². The summed E-state index contributed by atoms with van der Waals surface area (Å²) in [7, 11) is 0. The molecule has 0 amide bonds. The van der Waals surface area contributed by atoms with Gasteiger partial charge in [-0.3, -0.25) is 4.90 Å². The third-order valence-electron chi connectivity index (χ3n) is 3.00. The number of hydrogen-bond acceptors (Lipinski definition) is 3. The Morgan fingerprint density at radius 1 is 1.33 bits per heavy atom. The van der Waals surface area contributed by atoms with Gasteiger partial charge in [0.15, 0.2) is 0 Å². The minimum atomic E-state index is -0.314. The smallest absolute Gasteiger partial charge is 0.126 e. The fourth-order valence-electron chi connectivity index (χ4n) is 2.29. The van der Waals surface area contributed by atoms with E-state index in [1.807, 2.05) is 13.8 Å². The van der Waals surface area contributed by atoms with Crippen molar-refractivity contribution in [3.05, 3.63) is 30.1 Å². The van der Waals surface area contributed by atoms with E-state index in [1.54, 1.807) is 12.1 Å². The molecule has 0 aliphatic carbocycles. The molecule has 3 nitrogen and oxygen atoms in total. The lowest BCUT2D eigenvalue weighted by atomic mass is 10.1. The molecule has 1 aromatic carbocycles. The molecule has 1 aliphatic rings. The monoisotopic (exact) mass is 252 g/mol. The number of nitrogens with zero attached hydrogens (tertiary/aromatic N) is 1. The molecule has 4 heteroatoms. The summed E-state index contributed by atoms with van der Waals surface area (Å²) in [5.74, 6) is 0.334. The van der Waals surface area contributed by atoms with Crippen LogP contribution >= 0.6 is 0 Å². The molecule has 0 bridgehead atoms. The van der Waals surface area contributed by atoms with Crippen LogP contribution in [0.15, 0.2) is 24.3 Å². The molecule has 0 spiro atoms. The summed E-state index contributed by atoms with van der Waals surface area (Å²) >= 11 is 0. The lowest BCUT2D eigenvalue weighted by Crippen LogP contribution is -2.50. The fraction of sp³-hybridized carbons (Fsp3) is 0.571. The SMILES string of the molecule is CC(C)(CN1CCNCC1)Oc1cccc(F)c1. The van der Waals surface area contributed by atoms with Gasteiger partial charge in [0.05, 0.1) is 0 Å². The number of nitrogens with one attached hydrogen (secondary N) is 1. The third-order valence-corrected chi connectivity index (χ3v) is 3.00. The zero-order chi connectivity index (χ0) is 13.0. The molecule has 1 saturated heterocycles. The lowest BCUT2D eigenvalue weighted by Gasteiger charge is -2.35. The number of ether oxygens (including phenoxy) is 1. The van der Waals surface area contributed by atoms with Crippen molar-refractivity contribution in [3.63, 3.8) is 0 Å². The van der Waals surface area contributed by atoms with Crippen molar-refractivity contribution < 1.29 is 9.13 Å². The average Bonchev–Trinajstić information content (AvgIpc) is 2.28. The van der Waals surface area contributed by atoms with E-state index in [2.05, 4.69) is 10.2 Å². The van der Waals surface area contributed by atoms with Crippen molar-refractivity contribution in [2.45, 2.75) is 19.4 Å². The van der Waals surface area contributed by atoms with Crippen molar-refractivity contribution in [3.8, 4) is 5.75 Å². The second-order valence-corrected chi connectivity index (χ2v) is 5.35. The van der Waals surface area contributed by atoms with Crippen molar-refractivity contribution in [1.82, 2.24) is 10.2 Å². The number of benzene rings is 1. The Hall–Kier alpha value is -1.13. The minimum absolute atomic E-state index is 0.259. The van der Waals surface area contributed by atoms with Crippen LogP contribution in [-0.4, -0.2) is 43.2 Å². The van der Waals surface area contributed by atoms with Crippen LogP contribution in [-0.2, 0) is 0 Å². The maximum atomic E-state index is 13.1. The van der Waals surface area contributed by atoms with Gasteiger partial charge in [0, 0.05) is 38.8 Å². The molecule has 0 saturated carbocycles. The van der Waals surface area contributed by atoms with Crippen molar-refractivity contribution in [2.75, 3.05) is 32.7 Å². The van der Waals surface area contributed by atoms with Crippen LogP contribution in [0, 0.1) is 5.82 Å². The number of rotatable bonds is 4. The molecule has 0 radical (unpaired) electrons. The second kappa shape index (κ2) is 5.67. The molecule has 18 heavy (non-hydrogen) atoms. The Morgan fingerprint density at radius 2 is 2.06 bits per heavy atom. The predicted octanol–water partition coefficient (Wildman–Crippen LogP) is 1.89. The number of hydrogen-bond donors (Lipinski definition) is 1. The van der Waals surface area contributed by atoms with Gasteiger partial charge in [0.1, 0.15) is 17.2 Å². The third kappa shape index (κ3) is 3.96. The summed E-state index contributed by atoms with van der Waals surface area (Å²) in [6.07, 6.45) is 0. The van der Waals surface area contributed by atoms with Gasteiger partial charge in [-0.05, 0) is 26.0 Å². The predicted molar refractivity (Wildman–Crippen MR) is 70.4 cm³/mol. The van der Waals surface area contributed by atoms with Gasteiger partial charge >= 0.3 is 0 Å². The largest absolute Gasteiger partial charge is 0.486 e. The zero-order valence-corrected chi connectivity index (χ0v) is 11.1. The zero-order valence-electron chi connectivity index (χ0n) is 11.1. The molecule has 1 fully saturated rings. The summed E-state index contributed by atoms with van der Waals surface area (Å²) < 4.78 is 19.0. The second-order valence-electron chi connectivity index (χ2n) is 5.35. The Bertz CT molecular complexity index is 389. The van der Waals surface area contributed by atoms with E-state index in [0.717, 1.165) is 32.7 Å². The molecule has 1 heterocycles. The van der Waals surface area contributed by atoms with Gasteiger partial charge in [-0.1, -0.05) is 6.07 Å². The Balaban J connectivity index is 1.93. The van der Waals surface area contributed by atoms with Crippen LogP contribution in [0.1, 0.15) is 13.8 Å². The molecule has 1 N–H and O–H groups in total. The summed E-state index contributed by atoms with van der Waals surface area (Å²) in [5.41, 5.74) is -0.314. The molecular formula is C14H21FN2O. The topological polar surface area (TPSA) is 24.5 Å². The highest BCUT2D eigenvalue weighted by Crippen LogP contribution is 2.20. The van der Waals surface area contributed by atoms with Gasteiger partial charge in [-0.25, -0.2) is 4.39 Å². The number of piperazine rings is 1. The first-order valence-corrected chi connectivity index (χ1v) is 6.43. The summed E-state index contributed by atoms with van der Waals surface area (Å²) in [5, 5.41) is 3.33. The maximum absolute atomic E-state index is 13.1. The van der Waals surface area contributed by atoms with Crippen LogP contribution < -0.4 is 10.1 Å². The van der Waals surface area contributed by atoms with Gasteiger partial charge in [0.2, 0.25) is 0 Å². The van der Waals surface area contributed by atoms with Crippen molar-refractivity contribution in [2.24, 2.45) is 0 Å². The summed E-state index contributed by atoms with van der Waals surface area (Å²) in [6.45, 7) is 9.06. The molecule has 1 aliphatic heterocycles. The fourth-order valence-corrected chi connectivity index (χ4v) is 2.29. The molecule has 0 unspecified atom stereocenters. The van der Waals surface area contributed by atoms with E-state index < -0.39 is 0 Å². The van der Waals surface area contributed by atoms with Crippen LogP contribution in [0.5, 0.6) is 5.75 Å². The van der Waals surface area contributed by atoms with Gasteiger partial charge < -0.3 is 10.1 Å². The average molecular weight is 252 g/mol. The first-order chi connectivity index (χ1) is 8.55. The normalized spacial score (nSPS) is 17.7. The van der Waals surface area contributed by atoms with E-state index in [0.29, 0.717) is 5.75 Å². The Kier molecular flexibility index (Phi) is 4.19. The lowest BCUT2D eigenvalue weighted by molar-refractivity contribution is 0.0545. The van der Waals surface area contributed by atoms with E-state index >= 15 is 0 Å². The van der Waals surface area contributed by atoms with E-state index in [9.17, 15) is 4.39 Å². The molecule has 0 atom stereocenters. The van der Waals surface area contributed by atoms with Crippen LogP contribution in [0.25, 0.3) is 0 Å². The molecule has 1 aromatic rings. The first-order valence-electron chi connectivity index (χ1n) is 6.43. The minimum Gasteiger partial charge on any atom is -0.486 e. The number of halogens is 1. The van der Waals surface area contributed by atoms with E-state index in [-0.39, 0.29) is 11.4 Å². The van der Waals surface area contributed by atoms with Crippen LogP contribution in [0.2, 0.25) is 0 Å². The Labute approximate surface area is 108 Å². The molecule has 100 valence electrons. The Morgan fingerprint density at radius 3 is 2.72 bits per heavy atom. The highest BCUT2D eigenvalue weighted by atomic mass is 19.1. The molecule has 0 aromatic heterocycles. The van der Waals surface area contributed by atoms with E-state index in [4.69, 9.17) is 4.74 Å². The van der Waals surface area contributed by atoms with Gasteiger partial charge in [-0.2, -0.15) is 0 Å². The standard InChI is InChI=1S/C14H21FN2O/c1-14(2,11-17-8-6-16-7-9-17)18-13-5-3-4-12(15)10-13/h3-5,10,16H,6-9,11H2,1-2H3. The van der Waals surface area contributed by atoms with Crippen molar-refractivity contribution >= 4 is 0 Å². The van der Waals surface area contributed by atoms with E-state index in [1.165, 1.54) is 12.1 Å². The summed E-state index contributed by atoms with van der Waals surface area (Å²) in [4.78, 5) is 2.37.